The summed E-state index contributed by atoms with van der Waals surface area (Å²) in [6.07, 6.45) is 0.684. The highest BCUT2D eigenvalue weighted by Gasteiger charge is 2.39. The molecule has 0 saturated heterocycles. The van der Waals surface area contributed by atoms with E-state index in [1.54, 1.807) is 12.1 Å². The number of nitrogens with one attached hydrogen (secondary N) is 1. The average molecular weight is 400 g/mol. The fourth-order valence-corrected chi connectivity index (χ4v) is 5.35. The van der Waals surface area contributed by atoms with Crippen LogP contribution >= 0.6 is 22.9 Å². The standard InChI is InChI=1S/C15H14ClN3O4S2/c1-3-8-5-4-6-11(17-8)18-15(21)12-13(20)14-9(7-10(16)24-14)25(22,23)19(12)2/h4-7,20H,3H2,1-2H3,(H,17,18,21). The van der Waals surface area contributed by atoms with Crippen LogP contribution in [0.3, 0.4) is 0 Å². The van der Waals surface area contributed by atoms with Crippen molar-refractivity contribution in [3.8, 4) is 0 Å². The van der Waals surface area contributed by atoms with E-state index in [-0.39, 0.29) is 25.6 Å². The number of aliphatic hydroxyl groups is 1. The van der Waals surface area contributed by atoms with Gasteiger partial charge in [0, 0.05) is 12.7 Å². The Morgan fingerprint density at radius 2 is 2.16 bits per heavy atom. The summed E-state index contributed by atoms with van der Waals surface area (Å²) in [4.78, 5) is 16.8. The van der Waals surface area contributed by atoms with Gasteiger partial charge < -0.3 is 10.4 Å². The molecule has 0 atom stereocenters. The molecule has 0 bridgehead atoms. The number of thiophene rings is 1. The van der Waals surface area contributed by atoms with E-state index in [2.05, 4.69) is 10.3 Å². The number of anilines is 1. The van der Waals surface area contributed by atoms with Crippen LogP contribution < -0.4 is 5.32 Å². The van der Waals surface area contributed by atoms with Crippen LogP contribution in [-0.4, -0.2) is 35.8 Å². The van der Waals surface area contributed by atoms with Gasteiger partial charge in [-0.15, -0.1) is 11.3 Å². The topological polar surface area (TPSA) is 99.6 Å². The lowest BCUT2D eigenvalue weighted by Gasteiger charge is -2.26. The molecule has 1 aliphatic heterocycles. The van der Waals surface area contributed by atoms with Crippen LogP contribution in [0.25, 0.3) is 5.76 Å². The third-order valence-corrected chi connectivity index (χ3v) is 6.87. The van der Waals surface area contributed by atoms with Gasteiger partial charge in [0.25, 0.3) is 15.9 Å². The highest BCUT2D eigenvalue weighted by Crippen LogP contribution is 2.41. The number of sulfonamides is 1. The van der Waals surface area contributed by atoms with Gasteiger partial charge >= 0.3 is 0 Å². The molecule has 132 valence electrons. The molecular weight excluding hydrogens is 386 g/mol. The number of carbonyl (C=O) groups is 1. The number of carbonyl (C=O) groups excluding carboxylic acids is 1. The van der Waals surface area contributed by atoms with Crippen LogP contribution in [0.15, 0.2) is 34.9 Å². The Morgan fingerprint density at radius 1 is 1.44 bits per heavy atom. The largest absolute Gasteiger partial charge is 0.504 e. The molecule has 2 aromatic rings. The predicted octanol–water partition coefficient (Wildman–Crippen LogP) is 2.86. The Labute approximate surface area is 153 Å². The van der Waals surface area contributed by atoms with Crippen molar-refractivity contribution in [3.63, 3.8) is 0 Å². The number of halogens is 1. The number of aromatic nitrogens is 1. The van der Waals surface area contributed by atoms with Crippen LogP contribution in [0.5, 0.6) is 0 Å². The SMILES string of the molecule is CCc1cccc(NC(=O)C2=C(O)c3sc(Cl)cc3S(=O)(=O)N2C)n1. The molecule has 0 radical (unpaired) electrons. The zero-order valence-corrected chi connectivity index (χ0v) is 15.7. The Kier molecular flexibility index (Phi) is 4.48. The smallest absolute Gasteiger partial charge is 0.278 e. The van der Waals surface area contributed by atoms with Crippen molar-refractivity contribution in [1.29, 1.82) is 0 Å². The Balaban J connectivity index is 2.04. The summed E-state index contributed by atoms with van der Waals surface area (Å²) < 4.78 is 26.1. The number of aryl methyl sites for hydroxylation is 1. The molecule has 3 rings (SSSR count). The number of likely N-dealkylation sites (N-methyl/N-ethyl adjacent to an activating group) is 1. The summed E-state index contributed by atoms with van der Waals surface area (Å²) in [5, 5.41) is 13.0. The lowest BCUT2D eigenvalue weighted by molar-refractivity contribution is -0.113. The van der Waals surface area contributed by atoms with Crippen LogP contribution in [0.2, 0.25) is 4.34 Å². The maximum Gasteiger partial charge on any atom is 0.278 e. The summed E-state index contributed by atoms with van der Waals surface area (Å²) >= 11 is 6.77. The van der Waals surface area contributed by atoms with Gasteiger partial charge in [-0.25, -0.2) is 13.4 Å². The number of rotatable bonds is 3. The minimum absolute atomic E-state index is 0.0449. The molecule has 25 heavy (non-hydrogen) atoms. The molecular formula is C15H14ClN3O4S2. The Bertz CT molecular complexity index is 998. The highest BCUT2D eigenvalue weighted by atomic mass is 35.5. The molecule has 2 N–H and O–H groups in total. The third-order valence-electron chi connectivity index (χ3n) is 3.69. The lowest BCUT2D eigenvalue weighted by atomic mass is 10.2. The summed E-state index contributed by atoms with van der Waals surface area (Å²) in [5.74, 6) is -0.946. The van der Waals surface area contributed by atoms with E-state index in [4.69, 9.17) is 11.6 Å². The van der Waals surface area contributed by atoms with E-state index in [0.717, 1.165) is 21.3 Å². The van der Waals surface area contributed by atoms with Gasteiger partial charge in [0.05, 0.1) is 9.21 Å². The minimum atomic E-state index is -3.97. The van der Waals surface area contributed by atoms with Crippen molar-refractivity contribution >= 4 is 50.4 Å². The Hall–Kier alpha value is -2.10. The van der Waals surface area contributed by atoms with Gasteiger partial charge in [0.1, 0.15) is 10.7 Å². The molecule has 2 aromatic heterocycles. The quantitative estimate of drug-likeness (QED) is 0.826. The van der Waals surface area contributed by atoms with E-state index in [9.17, 15) is 18.3 Å². The fourth-order valence-electron chi connectivity index (χ4n) is 2.40. The van der Waals surface area contributed by atoms with Crippen molar-refractivity contribution in [2.45, 2.75) is 18.2 Å². The monoisotopic (exact) mass is 399 g/mol. The third kappa shape index (κ3) is 2.99. The number of nitrogens with zero attached hydrogens (tertiary/aromatic N) is 2. The fraction of sp³-hybridized carbons (Fsp3) is 0.200. The van der Waals surface area contributed by atoms with Gasteiger partial charge in [0.2, 0.25) is 0 Å². The first-order valence-electron chi connectivity index (χ1n) is 7.25. The first-order valence-corrected chi connectivity index (χ1v) is 9.88. The first kappa shape index (κ1) is 17.7. The Morgan fingerprint density at radius 3 is 2.84 bits per heavy atom. The maximum absolute atomic E-state index is 12.6. The number of pyridine rings is 1. The second-order valence-corrected chi connectivity index (χ2v) is 8.86. The summed E-state index contributed by atoms with van der Waals surface area (Å²) in [6.45, 7) is 1.92. The van der Waals surface area contributed by atoms with Crippen LogP contribution in [0.4, 0.5) is 5.82 Å². The van der Waals surface area contributed by atoms with Crippen molar-refractivity contribution in [1.82, 2.24) is 9.29 Å². The maximum atomic E-state index is 12.6. The number of amides is 1. The normalized spacial score (nSPS) is 15.9. The van der Waals surface area contributed by atoms with E-state index in [0.29, 0.717) is 6.42 Å². The second-order valence-electron chi connectivity index (χ2n) is 5.24. The van der Waals surface area contributed by atoms with Crippen molar-refractivity contribution in [3.05, 3.63) is 44.9 Å². The van der Waals surface area contributed by atoms with Crippen molar-refractivity contribution < 1.29 is 18.3 Å². The van der Waals surface area contributed by atoms with Crippen LogP contribution in [0.1, 0.15) is 17.5 Å². The molecule has 0 fully saturated rings. The summed E-state index contributed by atoms with van der Waals surface area (Å²) in [5.41, 5.74) is 0.391. The molecule has 1 aliphatic rings. The number of hydrogen-bond donors (Lipinski definition) is 2. The number of fused-ring (bicyclic) bond motifs is 1. The van der Waals surface area contributed by atoms with Gasteiger partial charge in [0.15, 0.2) is 11.5 Å². The number of aliphatic hydroxyl groups excluding tert-OH is 1. The molecule has 1 amide bonds. The number of hydrogen-bond acceptors (Lipinski definition) is 6. The minimum Gasteiger partial charge on any atom is -0.504 e. The van der Waals surface area contributed by atoms with Crippen LogP contribution in [0, 0.1) is 0 Å². The molecule has 0 aromatic carbocycles. The molecule has 0 spiro atoms. The van der Waals surface area contributed by atoms with E-state index < -0.39 is 21.7 Å². The van der Waals surface area contributed by atoms with Gasteiger partial charge in [-0.3, -0.25) is 9.10 Å². The molecule has 10 heteroatoms. The van der Waals surface area contributed by atoms with Gasteiger partial charge in [-0.1, -0.05) is 24.6 Å². The average Bonchev–Trinajstić information content (AvgIpc) is 2.97. The predicted molar refractivity (Wildman–Crippen MR) is 96.1 cm³/mol. The second kappa shape index (κ2) is 6.32. The summed E-state index contributed by atoms with van der Waals surface area (Å²) in [7, 11) is -2.77. The van der Waals surface area contributed by atoms with E-state index in [1.807, 2.05) is 13.0 Å². The molecule has 0 unspecified atom stereocenters. The molecule has 3 heterocycles. The molecule has 0 aliphatic carbocycles. The van der Waals surface area contributed by atoms with Gasteiger partial charge in [-0.2, -0.15) is 0 Å². The zero-order valence-electron chi connectivity index (χ0n) is 13.3. The molecule has 7 nitrogen and oxygen atoms in total. The van der Waals surface area contributed by atoms with Crippen molar-refractivity contribution in [2.24, 2.45) is 0 Å². The van der Waals surface area contributed by atoms with E-state index >= 15 is 0 Å². The van der Waals surface area contributed by atoms with Crippen LogP contribution in [-0.2, 0) is 21.2 Å². The van der Waals surface area contributed by atoms with E-state index in [1.165, 1.54) is 13.1 Å². The highest BCUT2D eigenvalue weighted by molar-refractivity contribution is 7.89. The van der Waals surface area contributed by atoms with Crippen molar-refractivity contribution in [2.75, 3.05) is 12.4 Å². The molecule has 0 saturated carbocycles. The summed E-state index contributed by atoms with van der Waals surface area (Å²) in [6, 6.07) is 6.38. The van der Waals surface area contributed by atoms with Gasteiger partial charge in [-0.05, 0) is 24.6 Å². The lowest BCUT2D eigenvalue weighted by Crippen LogP contribution is -2.36. The first-order chi connectivity index (χ1) is 11.8. The zero-order chi connectivity index (χ0) is 18.4.